The van der Waals surface area contributed by atoms with Crippen molar-refractivity contribution in [2.75, 3.05) is 19.3 Å². The van der Waals surface area contributed by atoms with E-state index >= 15 is 0 Å². The van der Waals surface area contributed by atoms with Gasteiger partial charge in [-0.1, -0.05) is 97.1 Å². The van der Waals surface area contributed by atoms with Gasteiger partial charge in [0.05, 0.1) is 21.7 Å². The summed E-state index contributed by atoms with van der Waals surface area (Å²) in [7, 11) is 2.16. The SMILES string of the molecule is CC(=O)N[C@H]1CC[C@@]2(NC(=O)CCSC(c3ccccc3)(c3ccccc3)c3ccccc3)[C@H]3Cc4ccc(O)c5c4[C@@]2(CCN3C)[C@H]1O5. The van der Waals surface area contributed by atoms with Crippen molar-refractivity contribution >= 4 is 23.6 Å². The van der Waals surface area contributed by atoms with Crippen LogP contribution in [0.4, 0.5) is 0 Å². The molecule has 7 nitrogen and oxygen atoms in total. The van der Waals surface area contributed by atoms with Gasteiger partial charge in [-0.25, -0.2) is 0 Å². The fourth-order valence-electron chi connectivity index (χ4n) is 9.84. The lowest BCUT2D eigenvalue weighted by Gasteiger charge is -2.66. The van der Waals surface area contributed by atoms with Crippen LogP contribution in [0.2, 0.25) is 0 Å². The number of hydrogen-bond donors (Lipinski definition) is 3. The Hall–Kier alpha value is -4.27. The van der Waals surface area contributed by atoms with Crippen molar-refractivity contribution in [3.8, 4) is 11.5 Å². The highest BCUT2D eigenvalue weighted by Crippen LogP contribution is 2.65. The topological polar surface area (TPSA) is 90.9 Å². The van der Waals surface area contributed by atoms with Crippen molar-refractivity contribution in [3.63, 3.8) is 0 Å². The number of rotatable bonds is 9. The zero-order valence-corrected chi connectivity index (χ0v) is 28.8. The summed E-state index contributed by atoms with van der Waals surface area (Å²) in [6.45, 7) is 2.38. The van der Waals surface area contributed by atoms with E-state index in [1.807, 2.05) is 24.3 Å². The Morgan fingerprint density at radius 3 is 2.12 bits per heavy atom. The van der Waals surface area contributed by atoms with Crippen LogP contribution >= 0.6 is 11.8 Å². The Labute approximate surface area is 292 Å². The van der Waals surface area contributed by atoms with Gasteiger partial charge in [0.25, 0.3) is 0 Å². The highest BCUT2D eigenvalue weighted by Gasteiger charge is 2.73. The van der Waals surface area contributed by atoms with E-state index in [-0.39, 0.29) is 35.8 Å². The van der Waals surface area contributed by atoms with Gasteiger partial charge in [-0.05, 0) is 67.6 Å². The Kier molecular flexibility index (Phi) is 7.99. The standard InChI is InChI=1S/C41H43N3O4S/c1-27(45)42-32-20-22-40(34-26-28-18-19-33(46)37-36(28)39(40,38(32)48-37)23-24-44(34)2)43-35(47)21-25-49-41(29-12-6-3-7-13-29,30-14-8-4-9-15-30)31-16-10-5-11-17-31/h3-19,32,34,38,46H,20-26H2,1-2H3,(H,42,45)(H,43,47)/t32-,34+,38-,39-,40+/m0/s1. The van der Waals surface area contributed by atoms with Crippen LogP contribution in [0.3, 0.4) is 0 Å². The Bertz CT molecular complexity index is 1780. The summed E-state index contributed by atoms with van der Waals surface area (Å²) in [5, 5.41) is 17.9. The lowest BCUT2D eigenvalue weighted by molar-refractivity contribution is -0.137. The van der Waals surface area contributed by atoms with Crippen LogP contribution < -0.4 is 15.4 Å². The van der Waals surface area contributed by atoms with Crippen LogP contribution in [-0.4, -0.2) is 64.9 Å². The summed E-state index contributed by atoms with van der Waals surface area (Å²) < 4.78 is 6.19. The molecular weight excluding hydrogens is 631 g/mol. The highest BCUT2D eigenvalue weighted by atomic mass is 32.2. The average Bonchev–Trinajstić information content (AvgIpc) is 3.48. The highest BCUT2D eigenvalue weighted by molar-refractivity contribution is 8.00. The molecule has 1 saturated heterocycles. The van der Waals surface area contributed by atoms with Gasteiger partial charge >= 0.3 is 0 Å². The Morgan fingerprint density at radius 1 is 0.918 bits per heavy atom. The zero-order valence-electron chi connectivity index (χ0n) is 28.0. The molecular formula is C41H43N3O4S. The van der Waals surface area contributed by atoms with Crippen LogP contribution in [0.25, 0.3) is 0 Å². The molecule has 2 heterocycles. The number of ether oxygens (including phenoxy) is 1. The van der Waals surface area contributed by atoms with Crippen molar-refractivity contribution < 1.29 is 19.4 Å². The van der Waals surface area contributed by atoms with E-state index in [1.165, 1.54) is 16.7 Å². The average molecular weight is 674 g/mol. The molecule has 49 heavy (non-hydrogen) atoms. The number of aromatic hydroxyl groups is 1. The van der Waals surface area contributed by atoms with Gasteiger partial charge in [0.15, 0.2) is 11.5 Å². The number of carbonyl (C=O) groups excluding carboxylic acids is 2. The molecule has 8 heteroatoms. The number of nitrogens with zero attached hydrogens (tertiary/aromatic N) is 1. The van der Waals surface area contributed by atoms with Gasteiger partial charge in [0, 0.05) is 30.7 Å². The maximum atomic E-state index is 14.4. The quantitative estimate of drug-likeness (QED) is 0.191. The maximum absolute atomic E-state index is 14.4. The molecule has 2 amide bonds. The maximum Gasteiger partial charge on any atom is 0.221 e. The first-order valence-electron chi connectivity index (χ1n) is 17.4. The lowest BCUT2D eigenvalue weighted by Crippen LogP contribution is -2.82. The molecule has 4 aromatic rings. The van der Waals surface area contributed by atoms with E-state index in [0.717, 1.165) is 30.5 Å². The molecule has 5 atom stereocenters. The van der Waals surface area contributed by atoms with E-state index in [2.05, 4.69) is 95.4 Å². The monoisotopic (exact) mass is 673 g/mol. The number of likely N-dealkylation sites (N-methyl/N-ethyl adjacent to an activating group) is 1. The van der Waals surface area contributed by atoms with Crippen molar-refractivity contribution in [3.05, 3.63) is 131 Å². The minimum atomic E-state index is -0.608. The van der Waals surface area contributed by atoms with E-state index in [0.29, 0.717) is 30.8 Å². The number of likely N-dealkylation sites (tertiary alicyclic amines) is 1. The third kappa shape index (κ3) is 4.82. The molecule has 1 saturated carbocycles. The molecule has 4 aliphatic rings. The number of phenols is 1. The van der Waals surface area contributed by atoms with Crippen LogP contribution in [0.5, 0.6) is 11.5 Å². The van der Waals surface area contributed by atoms with Gasteiger partial charge in [0.2, 0.25) is 11.8 Å². The molecule has 2 fully saturated rings. The van der Waals surface area contributed by atoms with Gasteiger partial charge in [-0.3, -0.25) is 9.59 Å². The van der Waals surface area contributed by atoms with Gasteiger partial charge in [0.1, 0.15) is 6.10 Å². The van der Waals surface area contributed by atoms with E-state index < -0.39 is 15.7 Å². The predicted molar refractivity (Wildman–Crippen MR) is 193 cm³/mol. The summed E-state index contributed by atoms with van der Waals surface area (Å²) in [5.41, 5.74) is 4.53. The summed E-state index contributed by atoms with van der Waals surface area (Å²) in [4.78, 5) is 29.2. The summed E-state index contributed by atoms with van der Waals surface area (Å²) in [6, 6.07) is 35.3. The van der Waals surface area contributed by atoms with Crippen LogP contribution in [0, 0.1) is 0 Å². The minimum Gasteiger partial charge on any atom is -0.504 e. The molecule has 2 aliphatic carbocycles. The fraction of sp³-hybridized carbons (Fsp3) is 0.366. The normalized spacial score (nSPS) is 26.7. The first kappa shape index (κ1) is 32.0. The number of nitrogens with one attached hydrogen (secondary N) is 2. The molecule has 3 N–H and O–H groups in total. The predicted octanol–water partition coefficient (Wildman–Crippen LogP) is 5.92. The molecule has 0 unspecified atom stereocenters. The summed E-state index contributed by atoms with van der Waals surface area (Å²) in [5.74, 6) is 1.17. The second kappa shape index (κ2) is 12.3. The van der Waals surface area contributed by atoms with Crippen LogP contribution in [0.1, 0.15) is 60.4 Å². The van der Waals surface area contributed by atoms with E-state index in [9.17, 15) is 14.7 Å². The van der Waals surface area contributed by atoms with E-state index in [1.54, 1.807) is 24.8 Å². The largest absolute Gasteiger partial charge is 0.504 e. The van der Waals surface area contributed by atoms with Crippen molar-refractivity contribution in [1.29, 1.82) is 0 Å². The van der Waals surface area contributed by atoms with Gasteiger partial charge < -0.3 is 25.4 Å². The third-order valence-electron chi connectivity index (χ3n) is 11.7. The van der Waals surface area contributed by atoms with E-state index in [4.69, 9.17) is 4.74 Å². The molecule has 1 spiro atoms. The fourth-order valence-corrected chi connectivity index (χ4v) is 11.3. The number of phenolic OH excluding ortho intramolecular Hbond substituents is 1. The number of thioether (sulfide) groups is 1. The smallest absolute Gasteiger partial charge is 0.221 e. The zero-order chi connectivity index (χ0) is 33.8. The molecule has 0 aromatic heterocycles. The third-order valence-corrected chi connectivity index (χ3v) is 13.3. The molecule has 2 bridgehead atoms. The lowest BCUT2D eigenvalue weighted by atomic mass is 9.46. The number of benzene rings is 4. The van der Waals surface area contributed by atoms with Crippen LogP contribution in [-0.2, 0) is 26.2 Å². The minimum absolute atomic E-state index is 0.0176. The molecule has 4 aromatic carbocycles. The van der Waals surface area contributed by atoms with Crippen molar-refractivity contribution in [2.24, 2.45) is 0 Å². The Morgan fingerprint density at radius 2 is 1.53 bits per heavy atom. The molecule has 2 aliphatic heterocycles. The second-order valence-electron chi connectivity index (χ2n) is 14.2. The summed E-state index contributed by atoms with van der Waals surface area (Å²) in [6.07, 6.45) is 2.86. The van der Waals surface area contributed by atoms with Gasteiger partial charge in [-0.2, -0.15) is 0 Å². The number of carbonyl (C=O) groups is 2. The molecule has 252 valence electrons. The number of piperidine rings is 1. The molecule has 8 rings (SSSR count). The Balaban J connectivity index is 1.14. The van der Waals surface area contributed by atoms with Crippen molar-refractivity contribution in [2.45, 2.75) is 72.9 Å². The van der Waals surface area contributed by atoms with Crippen LogP contribution in [0.15, 0.2) is 103 Å². The molecule has 0 radical (unpaired) electrons. The number of hydrogen-bond acceptors (Lipinski definition) is 6. The van der Waals surface area contributed by atoms with Gasteiger partial charge in [-0.15, -0.1) is 11.8 Å². The first-order valence-corrected chi connectivity index (χ1v) is 18.4. The summed E-state index contributed by atoms with van der Waals surface area (Å²) >= 11 is 1.80. The second-order valence-corrected chi connectivity index (χ2v) is 15.5. The first-order chi connectivity index (χ1) is 23.8. The van der Waals surface area contributed by atoms with Crippen molar-refractivity contribution in [1.82, 2.24) is 15.5 Å². The number of amides is 2.